The van der Waals surface area contributed by atoms with Gasteiger partial charge in [-0.05, 0) is 18.8 Å². The van der Waals surface area contributed by atoms with Crippen LogP contribution in [0.2, 0.25) is 0 Å². The molecule has 1 aliphatic heterocycles. The number of aliphatic carboxylic acids is 1. The van der Waals surface area contributed by atoms with E-state index in [4.69, 9.17) is 9.84 Å². The predicted octanol–water partition coefficient (Wildman–Crippen LogP) is 0.182. The summed E-state index contributed by atoms with van der Waals surface area (Å²) < 4.78 is 5.13. The fourth-order valence-electron chi connectivity index (χ4n) is 1.68. The molecule has 1 aliphatic carbocycles. The molecule has 0 amide bonds. The molecular weight excluding hydrogens is 170 g/mol. The van der Waals surface area contributed by atoms with Gasteiger partial charge in [0.15, 0.2) is 6.10 Å². The summed E-state index contributed by atoms with van der Waals surface area (Å²) in [4.78, 5) is 12.9. The predicted molar refractivity (Wildman–Crippen MR) is 46.5 cm³/mol. The smallest absolute Gasteiger partial charge is 0.334 e. The molecule has 4 heteroatoms. The lowest BCUT2D eigenvalue weighted by Gasteiger charge is -2.30. The van der Waals surface area contributed by atoms with Crippen molar-refractivity contribution in [1.82, 2.24) is 4.90 Å². The first kappa shape index (κ1) is 8.97. The molecule has 0 aromatic carbocycles. The van der Waals surface area contributed by atoms with Crippen molar-refractivity contribution in [2.24, 2.45) is 5.92 Å². The van der Waals surface area contributed by atoms with E-state index in [1.807, 2.05) is 0 Å². The second kappa shape index (κ2) is 3.64. The highest BCUT2D eigenvalue weighted by atomic mass is 16.5. The maximum atomic E-state index is 10.6. The third-order valence-electron chi connectivity index (χ3n) is 2.64. The maximum absolute atomic E-state index is 10.6. The van der Waals surface area contributed by atoms with Crippen LogP contribution in [0.15, 0.2) is 0 Å². The van der Waals surface area contributed by atoms with E-state index in [0.29, 0.717) is 13.2 Å². The second-order valence-corrected chi connectivity index (χ2v) is 3.90. The number of carbonyl (C=O) groups is 1. The van der Waals surface area contributed by atoms with E-state index in [1.54, 1.807) is 0 Å². The van der Waals surface area contributed by atoms with Gasteiger partial charge in [0.1, 0.15) is 0 Å². The molecule has 4 nitrogen and oxygen atoms in total. The van der Waals surface area contributed by atoms with Gasteiger partial charge in [-0.15, -0.1) is 0 Å². The maximum Gasteiger partial charge on any atom is 0.334 e. The Balaban J connectivity index is 1.80. The first-order chi connectivity index (χ1) is 6.25. The zero-order chi connectivity index (χ0) is 9.26. The van der Waals surface area contributed by atoms with Gasteiger partial charge in [-0.1, -0.05) is 0 Å². The lowest BCUT2D eigenvalue weighted by molar-refractivity contribution is -0.156. The van der Waals surface area contributed by atoms with Crippen LogP contribution >= 0.6 is 0 Å². The van der Waals surface area contributed by atoms with Gasteiger partial charge in [-0.3, -0.25) is 4.90 Å². The third kappa shape index (κ3) is 2.42. The SMILES string of the molecule is O=C(O)[C@@H]1CN(CC2CC2)CCO1. The fourth-order valence-corrected chi connectivity index (χ4v) is 1.68. The minimum atomic E-state index is -0.833. The van der Waals surface area contributed by atoms with Gasteiger partial charge in [-0.25, -0.2) is 4.79 Å². The number of morpholine rings is 1. The van der Waals surface area contributed by atoms with Crippen molar-refractivity contribution in [1.29, 1.82) is 0 Å². The molecule has 0 bridgehead atoms. The summed E-state index contributed by atoms with van der Waals surface area (Å²) in [5.74, 6) is -0.00644. The van der Waals surface area contributed by atoms with Gasteiger partial charge >= 0.3 is 5.97 Å². The fraction of sp³-hybridized carbons (Fsp3) is 0.889. The summed E-state index contributed by atoms with van der Waals surface area (Å²) in [5.41, 5.74) is 0. The summed E-state index contributed by atoms with van der Waals surface area (Å²) in [6, 6.07) is 0. The van der Waals surface area contributed by atoms with E-state index in [1.165, 1.54) is 12.8 Å². The molecule has 2 rings (SSSR count). The molecule has 1 saturated heterocycles. The van der Waals surface area contributed by atoms with E-state index in [0.717, 1.165) is 19.0 Å². The van der Waals surface area contributed by atoms with E-state index < -0.39 is 12.1 Å². The average molecular weight is 185 g/mol. The van der Waals surface area contributed by atoms with Crippen LogP contribution < -0.4 is 0 Å². The molecule has 0 spiro atoms. The largest absolute Gasteiger partial charge is 0.479 e. The Morgan fingerprint density at radius 3 is 2.92 bits per heavy atom. The topological polar surface area (TPSA) is 49.8 Å². The minimum Gasteiger partial charge on any atom is -0.479 e. The van der Waals surface area contributed by atoms with Crippen molar-refractivity contribution in [3.63, 3.8) is 0 Å². The Labute approximate surface area is 77.5 Å². The molecule has 2 aliphatic rings. The number of carboxylic acids is 1. The highest BCUT2D eigenvalue weighted by Crippen LogP contribution is 2.30. The Morgan fingerprint density at radius 2 is 2.31 bits per heavy atom. The first-order valence-electron chi connectivity index (χ1n) is 4.82. The molecular formula is C9H15NO3. The number of ether oxygens (including phenoxy) is 1. The van der Waals surface area contributed by atoms with E-state index in [9.17, 15) is 4.79 Å². The monoisotopic (exact) mass is 185 g/mol. The molecule has 0 radical (unpaired) electrons. The highest BCUT2D eigenvalue weighted by Gasteiger charge is 2.30. The van der Waals surface area contributed by atoms with Gasteiger partial charge in [-0.2, -0.15) is 0 Å². The summed E-state index contributed by atoms with van der Waals surface area (Å²) in [6.45, 7) is 3.07. The number of hydrogen-bond donors (Lipinski definition) is 1. The normalized spacial score (nSPS) is 30.3. The van der Waals surface area contributed by atoms with Gasteiger partial charge < -0.3 is 9.84 Å². The van der Waals surface area contributed by atoms with Gasteiger partial charge in [0, 0.05) is 19.6 Å². The third-order valence-corrected chi connectivity index (χ3v) is 2.64. The van der Waals surface area contributed by atoms with Gasteiger partial charge in [0.2, 0.25) is 0 Å². The second-order valence-electron chi connectivity index (χ2n) is 3.90. The van der Waals surface area contributed by atoms with Crippen molar-refractivity contribution in [2.45, 2.75) is 18.9 Å². The van der Waals surface area contributed by atoms with Crippen LogP contribution in [0.5, 0.6) is 0 Å². The van der Waals surface area contributed by atoms with E-state index in [2.05, 4.69) is 4.90 Å². The molecule has 1 saturated carbocycles. The average Bonchev–Trinajstić information content (AvgIpc) is 2.89. The summed E-state index contributed by atoms with van der Waals surface area (Å²) in [7, 11) is 0. The van der Waals surface area contributed by atoms with Crippen molar-refractivity contribution < 1.29 is 14.6 Å². The van der Waals surface area contributed by atoms with Crippen LogP contribution in [0.1, 0.15) is 12.8 Å². The Bertz CT molecular complexity index is 203. The summed E-state index contributed by atoms with van der Waals surface area (Å²) in [6.07, 6.45) is 2.02. The molecule has 1 heterocycles. The number of hydrogen-bond acceptors (Lipinski definition) is 3. The van der Waals surface area contributed by atoms with Crippen molar-refractivity contribution >= 4 is 5.97 Å². The quantitative estimate of drug-likeness (QED) is 0.681. The van der Waals surface area contributed by atoms with Crippen LogP contribution in [-0.4, -0.2) is 48.3 Å². The van der Waals surface area contributed by atoms with E-state index in [-0.39, 0.29) is 0 Å². The van der Waals surface area contributed by atoms with Gasteiger partial charge in [0.25, 0.3) is 0 Å². The molecule has 1 N–H and O–H groups in total. The Hall–Kier alpha value is -0.610. The van der Waals surface area contributed by atoms with Crippen LogP contribution in [0.25, 0.3) is 0 Å². The molecule has 0 aromatic rings. The summed E-state index contributed by atoms with van der Waals surface area (Å²) >= 11 is 0. The van der Waals surface area contributed by atoms with Crippen molar-refractivity contribution in [3.8, 4) is 0 Å². The van der Waals surface area contributed by atoms with E-state index >= 15 is 0 Å². The molecule has 2 fully saturated rings. The zero-order valence-electron chi connectivity index (χ0n) is 7.61. The lowest BCUT2D eigenvalue weighted by Crippen LogP contribution is -2.46. The zero-order valence-corrected chi connectivity index (χ0v) is 7.61. The molecule has 74 valence electrons. The van der Waals surface area contributed by atoms with Gasteiger partial charge in [0.05, 0.1) is 6.61 Å². The molecule has 1 atom stereocenters. The number of nitrogens with zero attached hydrogens (tertiary/aromatic N) is 1. The first-order valence-corrected chi connectivity index (χ1v) is 4.82. The Kier molecular flexibility index (Phi) is 2.51. The standard InChI is InChI=1S/C9H15NO3/c11-9(12)8-6-10(3-4-13-8)5-7-1-2-7/h7-8H,1-6H2,(H,11,12)/t8-/m0/s1. The molecule has 0 unspecified atom stereocenters. The van der Waals surface area contributed by atoms with Crippen LogP contribution in [-0.2, 0) is 9.53 Å². The minimum absolute atomic E-state index is 0.559. The molecule has 0 aromatic heterocycles. The van der Waals surface area contributed by atoms with Crippen LogP contribution in [0, 0.1) is 5.92 Å². The van der Waals surface area contributed by atoms with Crippen LogP contribution in [0.4, 0.5) is 0 Å². The highest BCUT2D eigenvalue weighted by molar-refractivity contribution is 5.72. The summed E-state index contributed by atoms with van der Waals surface area (Å²) in [5, 5.41) is 8.75. The van der Waals surface area contributed by atoms with Crippen molar-refractivity contribution in [3.05, 3.63) is 0 Å². The van der Waals surface area contributed by atoms with Crippen LogP contribution in [0.3, 0.4) is 0 Å². The lowest BCUT2D eigenvalue weighted by atomic mass is 10.2. The van der Waals surface area contributed by atoms with Crippen molar-refractivity contribution in [2.75, 3.05) is 26.2 Å². The number of rotatable bonds is 3. The Morgan fingerprint density at radius 1 is 1.54 bits per heavy atom. The molecule has 13 heavy (non-hydrogen) atoms. The number of carboxylic acid groups (broad SMARTS) is 1.